The van der Waals surface area contributed by atoms with Crippen LogP contribution in [0, 0.1) is 5.41 Å². The number of rotatable bonds is 3. The fourth-order valence-electron chi connectivity index (χ4n) is 2.58. The third kappa shape index (κ3) is 1.33. The molecule has 0 N–H and O–H groups in total. The Balaban J connectivity index is 2.62. The molecule has 17 heavy (non-hydrogen) atoms. The second-order valence-corrected chi connectivity index (χ2v) is 4.92. The Bertz CT molecular complexity index is 482. The molecule has 0 aromatic carbocycles. The maximum absolute atomic E-state index is 12.5. The number of aromatic nitrogens is 2. The van der Waals surface area contributed by atoms with Gasteiger partial charge in [0.25, 0.3) is 0 Å². The van der Waals surface area contributed by atoms with E-state index in [2.05, 4.69) is 4.98 Å². The highest BCUT2D eigenvalue weighted by atomic mass is 16.2. The average Bonchev–Trinajstić information content (AvgIpc) is 2.81. The maximum atomic E-state index is 12.5. The number of hydrogen-bond acceptors (Lipinski definition) is 3. The first-order valence-corrected chi connectivity index (χ1v) is 6.16. The zero-order valence-electron chi connectivity index (χ0n) is 10.8. The Kier molecular flexibility index (Phi) is 2.68. The monoisotopic (exact) mass is 234 g/mol. The van der Waals surface area contributed by atoms with Crippen LogP contribution in [0.5, 0.6) is 0 Å². The summed E-state index contributed by atoms with van der Waals surface area (Å²) in [6.45, 7) is 7.75. The lowest BCUT2D eigenvalue weighted by atomic mass is 9.79. The van der Waals surface area contributed by atoms with E-state index in [1.165, 1.54) is 4.57 Å². The predicted molar refractivity (Wildman–Crippen MR) is 64.3 cm³/mol. The van der Waals surface area contributed by atoms with Crippen LogP contribution in [0.1, 0.15) is 67.6 Å². The van der Waals surface area contributed by atoms with E-state index in [-0.39, 0.29) is 17.6 Å². The van der Waals surface area contributed by atoms with Gasteiger partial charge < -0.3 is 0 Å². The number of carbonyl (C=O) groups is 2. The Morgan fingerprint density at radius 3 is 2.35 bits per heavy atom. The van der Waals surface area contributed by atoms with Crippen LogP contribution in [-0.2, 0) is 0 Å². The molecule has 92 valence electrons. The molecule has 0 saturated carbocycles. The van der Waals surface area contributed by atoms with Gasteiger partial charge in [-0.1, -0.05) is 27.7 Å². The summed E-state index contributed by atoms with van der Waals surface area (Å²) in [4.78, 5) is 29.0. The van der Waals surface area contributed by atoms with Crippen molar-refractivity contribution in [3.05, 3.63) is 17.7 Å². The summed E-state index contributed by atoms with van der Waals surface area (Å²) in [5, 5.41) is 0. The highest BCUT2D eigenvalue weighted by Crippen LogP contribution is 2.39. The molecule has 4 nitrogen and oxygen atoms in total. The largest absolute Gasteiger partial charge is 0.291 e. The molecule has 2 rings (SSSR count). The summed E-state index contributed by atoms with van der Waals surface area (Å²) >= 11 is 0. The Morgan fingerprint density at radius 2 is 1.88 bits per heavy atom. The van der Waals surface area contributed by atoms with Crippen LogP contribution in [0.4, 0.5) is 0 Å². The number of ketones is 1. The van der Waals surface area contributed by atoms with Gasteiger partial charge in [0.05, 0.1) is 6.20 Å². The summed E-state index contributed by atoms with van der Waals surface area (Å²) in [7, 11) is 0. The molecule has 4 heteroatoms. The lowest BCUT2D eigenvalue weighted by molar-refractivity contribution is 0.0644. The SMILES string of the molecule is CCC1(CC)C(=O)c2cnc(C(C)C)n2C1=O. The summed E-state index contributed by atoms with van der Waals surface area (Å²) < 4.78 is 1.53. The Labute approximate surface area is 101 Å². The second-order valence-electron chi connectivity index (χ2n) is 4.92. The van der Waals surface area contributed by atoms with Crippen LogP contribution < -0.4 is 0 Å². The van der Waals surface area contributed by atoms with Gasteiger partial charge >= 0.3 is 0 Å². The first-order chi connectivity index (χ1) is 7.99. The Morgan fingerprint density at radius 1 is 1.29 bits per heavy atom. The molecule has 1 aliphatic heterocycles. The van der Waals surface area contributed by atoms with E-state index in [0.717, 1.165) is 0 Å². The van der Waals surface area contributed by atoms with Gasteiger partial charge in [-0.25, -0.2) is 4.98 Å². The topological polar surface area (TPSA) is 52.0 Å². The molecule has 2 heterocycles. The highest BCUT2D eigenvalue weighted by Gasteiger charge is 2.52. The van der Waals surface area contributed by atoms with Crippen LogP contribution in [-0.4, -0.2) is 21.2 Å². The number of fused-ring (bicyclic) bond motifs is 1. The minimum atomic E-state index is -0.845. The molecular formula is C13H18N2O2. The van der Waals surface area contributed by atoms with E-state index >= 15 is 0 Å². The van der Waals surface area contributed by atoms with E-state index in [9.17, 15) is 9.59 Å². The maximum Gasteiger partial charge on any atom is 0.246 e. The van der Waals surface area contributed by atoms with Crippen molar-refractivity contribution in [1.29, 1.82) is 0 Å². The molecule has 0 bridgehead atoms. The first-order valence-electron chi connectivity index (χ1n) is 6.16. The average molecular weight is 234 g/mol. The van der Waals surface area contributed by atoms with Gasteiger partial charge in [-0.05, 0) is 12.8 Å². The minimum Gasteiger partial charge on any atom is -0.291 e. The van der Waals surface area contributed by atoms with Crippen molar-refractivity contribution in [2.24, 2.45) is 5.41 Å². The third-order valence-corrected chi connectivity index (χ3v) is 3.79. The molecule has 0 unspecified atom stereocenters. The molecular weight excluding hydrogens is 216 g/mol. The van der Waals surface area contributed by atoms with Crippen LogP contribution in [0.25, 0.3) is 0 Å². The molecule has 1 aromatic heterocycles. The molecule has 0 atom stereocenters. The molecule has 0 saturated heterocycles. The molecule has 0 fully saturated rings. The first kappa shape index (κ1) is 12.0. The quantitative estimate of drug-likeness (QED) is 0.755. The van der Waals surface area contributed by atoms with Crippen LogP contribution in [0.15, 0.2) is 6.20 Å². The lowest BCUT2D eigenvalue weighted by Crippen LogP contribution is -2.34. The molecule has 0 amide bonds. The summed E-state index contributed by atoms with van der Waals surface area (Å²) in [5.74, 6) is 0.683. The number of imidazole rings is 1. The molecule has 0 radical (unpaired) electrons. The van der Waals surface area contributed by atoms with Gasteiger partial charge in [0.1, 0.15) is 16.9 Å². The summed E-state index contributed by atoms with van der Waals surface area (Å²) in [6.07, 6.45) is 2.66. The fourth-order valence-corrected chi connectivity index (χ4v) is 2.58. The smallest absolute Gasteiger partial charge is 0.246 e. The van der Waals surface area contributed by atoms with E-state index < -0.39 is 5.41 Å². The van der Waals surface area contributed by atoms with Crippen LogP contribution in [0.2, 0.25) is 0 Å². The molecule has 0 spiro atoms. The van der Waals surface area contributed by atoms with Gasteiger partial charge in [0.2, 0.25) is 5.91 Å². The number of carbonyl (C=O) groups excluding carboxylic acids is 2. The summed E-state index contributed by atoms with van der Waals surface area (Å²) in [6, 6.07) is 0. The second kappa shape index (κ2) is 3.79. The van der Waals surface area contributed by atoms with Crippen LogP contribution in [0.3, 0.4) is 0 Å². The van der Waals surface area contributed by atoms with Crippen molar-refractivity contribution in [3.8, 4) is 0 Å². The molecule has 0 aliphatic carbocycles. The number of nitrogens with zero attached hydrogens (tertiary/aromatic N) is 2. The van der Waals surface area contributed by atoms with Crippen molar-refractivity contribution in [2.45, 2.75) is 46.5 Å². The zero-order chi connectivity index (χ0) is 12.8. The van der Waals surface area contributed by atoms with Gasteiger partial charge in [-0.15, -0.1) is 0 Å². The van der Waals surface area contributed by atoms with Gasteiger partial charge in [0, 0.05) is 5.92 Å². The number of Topliss-reactive ketones (excluding diaryl/α,β-unsaturated/α-hetero) is 1. The minimum absolute atomic E-state index is 0.0631. The van der Waals surface area contributed by atoms with E-state index in [1.807, 2.05) is 27.7 Å². The van der Waals surface area contributed by atoms with E-state index in [4.69, 9.17) is 0 Å². The van der Waals surface area contributed by atoms with Crippen LogP contribution >= 0.6 is 0 Å². The Hall–Kier alpha value is -1.45. The van der Waals surface area contributed by atoms with Crippen molar-refractivity contribution >= 4 is 11.7 Å². The van der Waals surface area contributed by atoms with Gasteiger partial charge in [-0.3, -0.25) is 14.2 Å². The van der Waals surface area contributed by atoms with Crippen molar-refractivity contribution < 1.29 is 9.59 Å². The van der Waals surface area contributed by atoms with Crippen molar-refractivity contribution in [3.63, 3.8) is 0 Å². The van der Waals surface area contributed by atoms with E-state index in [0.29, 0.717) is 24.4 Å². The molecule has 1 aliphatic rings. The molecule has 1 aromatic rings. The summed E-state index contributed by atoms with van der Waals surface area (Å²) in [5.41, 5.74) is -0.385. The van der Waals surface area contributed by atoms with Crippen molar-refractivity contribution in [2.75, 3.05) is 0 Å². The highest BCUT2D eigenvalue weighted by molar-refractivity contribution is 6.20. The van der Waals surface area contributed by atoms with Gasteiger partial charge in [0.15, 0.2) is 5.78 Å². The fraction of sp³-hybridized carbons (Fsp3) is 0.615. The number of hydrogen-bond donors (Lipinski definition) is 0. The predicted octanol–water partition coefficient (Wildman–Crippen LogP) is 2.65. The normalized spacial score (nSPS) is 17.9. The lowest BCUT2D eigenvalue weighted by Gasteiger charge is -2.21. The van der Waals surface area contributed by atoms with Crippen molar-refractivity contribution in [1.82, 2.24) is 9.55 Å². The standard InChI is InChI=1S/C13H18N2O2/c1-5-13(6-2)10(16)9-7-14-11(8(3)4)15(9)12(13)17/h7-8H,5-6H2,1-4H3. The van der Waals surface area contributed by atoms with Gasteiger partial charge in [-0.2, -0.15) is 0 Å². The third-order valence-electron chi connectivity index (χ3n) is 3.79. The zero-order valence-corrected chi connectivity index (χ0v) is 10.8. The van der Waals surface area contributed by atoms with E-state index in [1.54, 1.807) is 6.20 Å².